The Bertz CT molecular complexity index is 1920. The summed E-state index contributed by atoms with van der Waals surface area (Å²) in [4.78, 5) is 26.7. The van der Waals surface area contributed by atoms with Crippen LogP contribution in [-0.2, 0) is 18.2 Å². The minimum atomic E-state index is -0.582. The fourth-order valence-corrected chi connectivity index (χ4v) is 6.26. The zero-order valence-corrected chi connectivity index (χ0v) is 25.2. The van der Waals surface area contributed by atoms with Crippen LogP contribution in [0.5, 0.6) is 11.5 Å². The molecular weight excluding hydrogens is 568 g/mol. The standard InChI is InChI=1S/C36H32N4O5/c1-4-29-33(22-16-17-31-32(18-22)45-20-44-31)34(40(3)39-29)38-35(41)23-14-9-15-30(21(23)2)37-36(42)43-19-28-26-12-7-5-10-24(26)25-11-6-8-13-27(25)28/h5-18,28H,4,19-20H2,1-3H3,(H,37,42)(H,38,41). The molecule has 1 aliphatic carbocycles. The van der Waals surface area contributed by atoms with E-state index in [1.54, 1.807) is 36.9 Å². The van der Waals surface area contributed by atoms with Crippen LogP contribution in [0.25, 0.3) is 22.3 Å². The van der Waals surface area contributed by atoms with Crippen molar-refractivity contribution in [2.75, 3.05) is 24.0 Å². The quantitative estimate of drug-likeness (QED) is 0.203. The maximum absolute atomic E-state index is 13.7. The summed E-state index contributed by atoms with van der Waals surface area (Å²) in [6, 6.07) is 27.3. The summed E-state index contributed by atoms with van der Waals surface area (Å²) in [7, 11) is 1.80. The highest BCUT2D eigenvalue weighted by molar-refractivity contribution is 6.08. The van der Waals surface area contributed by atoms with E-state index in [1.165, 1.54) is 0 Å². The molecule has 4 aromatic carbocycles. The highest BCUT2D eigenvalue weighted by Gasteiger charge is 2.29. The number of hydrogen-bond donors (Lipinski definition) is 2. The van der Waals surface area contributed by atoms with Gasteiger partial charge in [0.15, 0.2) is 11.5 Å². The first-order chi connectivity index (χ1) is 21.9. The van der Waals surface area contributed by atoms with Crippen molar-refractivity contribution in [1.29, 1.82) is 0 Å². The number of aryl methyl sites for hydroxylation is 2. The highest BCUT2D eigenvalue weighted by Crippen LogP contribution is 2.44. The SMILES string of the molecule is CCc1nn(C)c(NC(=O)c2cccc(NC(=O)OCC3c4ccccc4-c4ccccc43)c2C)c1-c1ccc2c(c1)OCO2. The summed E-state index contributed by atoms with van der Waals surface area (Å²) in [5.74, 6) is 1.52. The van der Waals surface area contributed by atoms with Crippen LogP contribution in [0.4, 0.5) is 16.3 Å². The fraction of sp³-hybridized carbons (Fsp3) is 0.194. The molecular formula is C36H32N4O5. The number of carbonyl (C=O) groups excluding carboxylic acids is 2. The number of amides is 2. The van der Waals surface area contributed by atoms with Crippen molar-refractivity contribution in [2.45, 2.75) is 26.2 Å². The van der Waals surface area contributed by atoms with Gasteiger partial charge in [-0.2, -0.15) is 5.10 Å². The molecule has 0 unspecified atom stereocenters. The van der Waals surface area contributed by atoms with Crippen LogP contribution >= 0.6 is 0 Å². The molecule has 0 radical (unpaired) electrons. The fourth-order valence-electron chi connectivity index (χ4n) is 6.26. The molecule has 0 fully saturated rings. The minimum Gasteiger partial charge on any atom is -0.454 e. The van der Waals surface area contributed by atoms with Gasteiger partial charge in [0.1, 0.15) is 12.4 Å². The lowest BCUT2D eigenvalue weighted by Gasteiger charge is -2.16. The average Bonchev–Trinajstić information content (AvgIpc) is 3.74. The van der Waals surface area contributed by atoms with Gasteiger partial charge >= 0.3 is 6.09 Å². The van der Waals surface area contributed by atoms with E-state index < -0.39 is 6.09 Å². The van der Waals surface area contributed by atoms with Gasteiger partial charge in [-0.1, -0.05) is 67.6 Å². The van der Waals surface area contributed by atoms with Crippen LogP contribution < -0.4 is 20.1 Å². The Labute approximate surface area is 260 Å². The van der Waals surface area contributed by atoms with Crippen molar-refractivity contribution in [2.24, 2.45) is 7.05 Å². The Morgan fingerprint density at radius 1 is 0.911 bits per heavy atom. The second-order valence-electron chi connectivity index (χ2n) is 11.1. The number of anilines is 2. The number of rotatable bonds is 7. The molecule has 9 heteroatoms. The molecule has 2 aliphatic rings. The maximum atomic E-state index is 13.7. The lowest BCUT2D eigenvalue weighted by molar-refractivity contribution is 0.102. The van der Waals surface area contributed by atoms with Gasteiger partial charge in [-0.3, -0.25) is 14.8 Å². The van der Waals surface area contributed by atoms with Gasteiger partial charge in [-0.25, -0.2) is 4.79 Å². The largest absolute Gasteiger partial charge is 0.454 e. The van der Waals surface area contributed by atoms with Gasteiger partial charge < -0.3 is 19.5 Å². The molecule has 226 valence electrons. The number of hydrogen-bond acceptors (Lipinski definition) is 6. The zero-order chi connectivity index (χ0) is 31.1. The molecule has 9 nitrogen and oxygen atoms in total. The summed E-state index contributed by atoms with van der Waals surface area (Å²) in [5, 5.41) is 10.6. The van der Waals surface area contributed by atoms with E-state index >= 15 is 0 Å². The Morgan fingerprint density at radius 2 is 1.62 bits per heavy atom. The molecule has 1 aromatic heterocycles. The molecule has 7 rings (SSSR count). The zero-order valence-electron chi connectivity index (χ0n) is 25.2. The number of aromatic nitrogens is 2. The average molecular weight is 601 g/mol. The molecule has 0 bridgehead atoms. The summed E-state index contributed by atoms with van der Waals surface area (Å²) >= 11 is 0. The smallest absolute Gasteiger partial charge is 0.411 e. The summed E-state index contributed by atoms with van der Waals surface area (Å²) < 4.78 is 18.5. The van der Waals surface area contributed by atoms with E-state index in [4.69, 9.17) is 14.2 Å². The van der Waals surface area contributed by atoms with Crippen molar-refractivity contribution < 1.29 is 23.8 Å². The van der Waals surface area contributed by atoms with Crippen LogP contribution in [0, 0.1) is 6.92 Å². The molecule has 2 amide bonds. The van der Waals surface area contributed by atoms with Crippen molar-refractivity contribution >= 4 is 23.5 Å². The van der Waals surface area contributed by atoms with Gasteiger partial charge in [-0.05, 0) is 71.0 Å². The first-order valence-electron chi connectivity index (χ1n) is 14.9. The van der Waals surface area contributed by atoms with Crippen LogP contribution in [-0.4, -0.2) is 35.2 Å². The van der Waals surface area contributed by atoms with E-state index in [1.807, 2.05) is 49.4 Å². The van der Waals surface area contributed by atoms with Crippen molar-refractivity contribution in [3.8, 4) is 33.8 Å². The summed E-state index contributed by atoms with van der Waals surface area (Å²) in [6.45, 7) is 4.19. The monoisotopic (exact) mass is 600 g/mol. The lowest BCUT2D eigenvalue weighted by Crippen LogP contribution is -2.20. The lowest BCUT2D eigenvalue weighted by atomic mass is 9.98. The van der Waals surface area contributed by atoms with Gasteiger partial charge in [0.05, 0.1) is 5.69 Å². The minimum absolute atomic E-state index is 0.0489. The second-order valence-corrected chi connectivity index (χ2v) is 11.1. The van der Waals surface area contributed by atoms with Crippen LogP contribution in [0.2, 0.25) is 0 Å². The van der Waals surface area contributed by atoms with Gasteiger partial charge in [0, 0.05) is 29.8 Å². The molecule has 0 atom stereocenters. The molecule has 0 spiro atoms. The highest BCUT2D eigenvalue weighted by atomic mass is 16.7. The molecule has 2 N–H and O–H groups in total. The molecule has 0 saturated heterocycles. The van der Waals surface area contributed by atoms with E-state index in [9.17, 15) is 9.59 Å². The summed E-state index contributed by atoms with van der Waals surface area (Å²) in [5.41, 5.74) is 8.66. The van der Waals surface area contributed by atoms with E-state index in [-0.39, 0.29) is 25.2 Å². The number of benzene rings is 4. The van der Waals surface area contributed by atoms with Gasteiger partial charge in [0.25, 0.3) is 5.91 Å². The third-order valence-electron chi connectivity index (χ3n) is 8.51. The number of nitrogens with zero attached hydrogens (tertiary/aromatic N) is 2. The van der Waals surface area contributed by atoms with Gasteiger partial charge in [0.2, 0.25) is 6.79 Å². The summed E-state index contributed by atoms with van der Waals surface area (Å²) in [6.07, 6.45) is 0.0910. The van der Waals surface area contributed by atoms with Crippen LogP contribution in [0.1, 0.15) is 45.6 Å². The molecule has 1 aliphatic heterocycles. The van der Waals surface area contributed by atoms with Crippen molar-refractivity contribution in [3.05, 3.63) is 113 Å². The topological polar surface area (TPSA) is 104 Å². The predicted molar refractivity (Wildman–Crippen MR) is 172 cm³/mol. The van der Waals surface area contributed by atoms with Crippen LogP contribution in [0.15, 0.2) is 84.9 Å². The normalized spacial score (nSPS) is 12.9. The number of nitrogens with one attached hydrogen (secondary N) is 2. The third-order valence-corrected chi connectivity index (χ3v) is 8.51. The predicted octanol–water partition coefficient (Wildman–Crippen LogP) is 7.30. The van der Waals surface area contributed by atoms with E-state index in [0.717, 1.165) is 39.1 Å². The van der Waals surface area contributed by atoms with Crippen molar-refractivity contribution in [3.63, 3.8) is 0 Å². The number of ether oxygens (including phenoxy) is 3. The van der Waals surface area contributed by atoms with Crippen molar-refractivity contribution in [1.82, 2.24) is 9.78 Å². The number of fused-ring (bicyclic) bond motifs is 4. The molecule has 45 heavy (non-hydrogen) atoms. The Kier molecular flexibility index (Phi) is 7.21. The molecule has 2 heterocycles. The van der Waals surface area contributed by atoms with Gasteiger partial charge in [-0.15, -0.1) is 0 Å². The Balaban J connectivity index is 1.08. The maximum Gasteiger partial charge on any atom is 0.411 e. The molecule has 0 saturated carbocycles. The first kappa shape index (κ1) is 28.2. The Hall–Kier alpha value is -5.57. The first-order valence-corrected chi connectivity index (χ1v) is 14.9. The van der Waals surface area contributed by atoms with E-state index in [0.29, 0.717) is 40.6 Å². The number of carbonyl (C=O) groups is 2. The van der Waals surface area contributed by atoms with Crippen LogP contribution in [0.3, 0.4) is 0 Å². The third kappa shape index (κ3) is 5.06. The Morgan fingerprint density at radius 3 is 2.36 bits per heavy atom. The van der Waals surface area contributed by atoms with E-state index in [2.05, 4.69) is 40.0 Å². The molecule has 5 aromatic rings. The second kappa shape index (κ2) is 11.5.